The van der Waals surface area contributed by atoms with E-state index < -0.39 is 5.41 Å². The largest absolute Gasteiger partial charge is 0.466 e. The summed E-state index contributed by atoms with van der Waals surface area (Å²) >= 11 is 0. The number of para-hydroxylation sites is 1. The number of esters is 1. The van der Waals surface area contributed by atoms with Crippen LogP contribution in [-0.4, -0.2) is 60.8 Å². The van der Waals surface area contributed by atoms with Gasteiger partial charge < -0.3 is 19.4 Å². The van der Waals surface area contributed by atoms with Gasteiger partial charge in [0.15, 0.2) is 0 Å². The van der Waals surface area contributed by atoms with Gasteiger partial charge in [-0.25, -0.2) is 0 Å². The Bertz CT molecular complexity index is 1310. The zero-order chi connectivity index (χ0) is 28.7. The molecule has 41 heavy (non-hydrogen) atoms. The number of carbonyl (C=O) groups excluding carboxylic acids is 1. The van der Waals surface area contributed by atoms with E-state index in [1.54, 1.807) is 0 Å². The molecule has 2 aliphatic rings. The third kappa shape index (κ3) is 5.73. The highest BCUT2D eigenvalue weighted by Crippen LogP contribution is 2.45. The Kier molecular flexibility index (Phi) is 8.75. The zero-order valence-corrected chi connectivity index (χ0v) is 24.0. The Labute approximate surface area is 244 Å². The van der Waals surface area contributed by atoms with E-state index >= 15 is 0 Å². The van der Waals surface area contributed by atoms with Crippen molar-refractivity contribution < 1.29 is 9.53 Å². The molecule has 0 aliphatic carbocycles. The summed E-state index contributed by atoms with van der Waals surface area (Å²) in [5, 5.41) is 10.6. The highest BCUT2D eigenvalue weighted by molar-refractivity contribution is 5.69. The van der Waals surface area contributed by atoms with Gasteiger partial charge in [-0.2, -0.15) is 5.26 Å². The summed E-state index contributed by atoms with van der Waals surface area (Å²) in [6, 6.07) is 33.6. The Morgan fingerprint density at radius 2 is 1.49 bits per heavy atom. The minimum Gasteiger partial charge on any atom is -0.466 e. The highest BCUT2D eigenvalue weighted by atomic mass is 16.5. The number of nitriles is 1. The fourth-order valence-corrected chi connectivity index (χ4v) is 6.56. The molecular formula is C35H40N4O2. The summed E-state index contributed by atoms with van der Waals surface area (Å²) < 4.78 is 5.19. The number of rotatable bonds is 10. The second-order valence-electron chi connectivity index (χ2n) is 11.0. The van der Waals surface area contributed by atoms with E-state index in [9.17, 15) is 10.1 Å². The normalized spacial score (nSPS) is 17.0. The minimum atomic E-state index is -0.700. The van der Waals surface area contributed by atoms with Gasteiger partial charge in [-0.05, 0) is 49.4 Å². The molecule has 0 radical (unpaired) electrons. The van der Waals surface area contributed by atoms with Crippen LogP contribution in [0.5, 0.6) is 0 Å². The molecule has 212 valence electrons. The first-order valence-electron chi connectivity index (χ1n) is 14.7. The van der Waals surface area contributed by atoms with Crippen LogP contribution in [0.3, 0.4) is 0 Å². The number of ether oxygens (including phenoxy) is 1. The first-order valence-corrected chi connectivity index (χ1v) is 14.7. The van der Waals surface area contributed by atoms with Crippen molar-refractivity contribution >= 4 is 11.7 Å². The molecule has 0 N–H and O–H groups in total. The summed E-state index contributed by atoms with van der Waals surface area (Å²) in [5.41, 5.74) is 3.45. The second kappa shape index (κ2) is 12.6. The topological polar surface area (TPSA) is 59.8 Å². The van der Waals surface area contributed by atoms with Crippen LogP contribution in [0.15, 0.2) is 103 Å². The molecule has 2 fully saturated rings. The molecule has 0 saturated carbocycles. The van der Waals surface area contributed by atoms with E-state index in [-0.39, 0.29) is 11.5 Å². The number of hydrogen-bond acceptors (Lipinski definition) is 6. The molecule has 3 aromatic carbocycles. The summed E-state index contributed by atoms with van der Waals surface area (Å²) in [7, 11) is 0. The SMILES string of the molecule is C=C1N(CCC(=O)OCC)CN(c2ccccc2)C12CCN(CCC(C#N)(c1ccccc1)c1ccccc1)CC2. The van der Waals surface area contributed by atoms with Crippen LogP contribution in [0.25, 0.3) is 0 Å². The third-order valence-corrected chi connectivity index (χ3v) is 8.92. The van der Waals surface area contributed by atoms with Crippen LogP contribution in [0, 0.1) is 11.3 Å². The Morgan fingerprint density at radius 3 is 2.02 bits per heavy atom. The predicted octanol–water partition coefficient (Wildman–Crippen LogP) is 5.97. The zero-order valence-electron chi connectivity index (χ0n) is 24.0. The van der Waals surface area contributed by atoms with Gasteiger partial charge in [0.25, 0.3) is 0 Å². The van der Waals surface area contributed by atoms with Crippen LogP contribution in [0.1, 0.15) is 43.7 Å². The molecule has 0 bridgehead atoms. The molecule has 0 atom stereocenters. The van der Waals surface area contributed by atoms with Crippen molar-refractivity contribution in [1.29, 1.82) is 5.26 Å². The highest BCUT2D eigenvalue weighted by Gasteiger charge is 2.49. The second-order valence-corrected chi connectivity index (χ2v) is 11.0. The fourth-order valence-electron chi connectivity index (χ4n) is 6.56. The smallest absolute Gasteiger partial charge is 0.307 e. The van der Waals surface area contributed by atoms with Gasteiger partial charge in [0.1, 0.15) is 5.41 Å². The van der Waals surface area contributed by atoms with Crippen molar-refractivity contribution in [3.63, 3.8) is 0 Å². The number of carbonyl (C=O) groups is 1. The average molecular weight is 549 g/mol. The molecule has 0 aromatic heterocycles. The summed E-state index contributed by atoms with van der Waals surface area (Å²) in [4.78, 5) is 19.4. The van der Waals surface area contributed by atoms with Crippen molar-refractivity contribution in [2.24, 2.45) is 0 Å². The third-order valence-electron chi connectivity index (χ3n) is 8.92. The van der Waals surface area contributed by atoms with Crippen molar-refractivity contribution in [3.05, 3.63) is 114 Å². The van der Waals surface area contributed by atoms with Crippen LogP contribution in [0.2, 0.25) is 0 Å². The molecule has 3 aromatic rings. The number of nitrogens with zero attached hydrogens (tertiary/aromatic N) is 4. The van der Waals surface area contributed by atoms with Gasteiger partial charge >= 0.3 is 5.97 Å². The van der Waals surface area contributed by atoms with Gasteiger partial charge in [-0.3, -0.25) is 4.79 Å². The van der Waals surface area contributed by atoms with Gasteiger partial charge in [0, 0.05) is 37.6 Å². The summed E-state index contributed by atoms with van der Waals surface area (Å²) in [6.45, 7) is 10.8. The van der Waals surface area contributed by atoms with Gasteiger partial charge in [0.05, 0.1) is 31.3 Å². The Balaban J connectivity index is 1.32. The lowest BCUT2D eigenvalue weighted by molar-refractivity contribution is -0.143. The van der Waals surface area contributed by atoms with Crippen molar-refractivity contribution in [2.75, 3.05) is 44.4 Å². The lowest BCUT2D eigenvalue weighted by Gasteiger charge is -2.46. The average Bonchev–Trinajstić information content (AvgIpc) is 3.29. The summed E-state index contributed by atoms with van der Waals surface area (Å²) in [6.07, 6.45) is 2.95. The van der Waals surface area contributed by atoms with E-state index in [0.717, 1.165) is 55.7 Å². The first-order chi connectivity index (χ1) is 20.0. The van der Waals surface area contributed by atoms with Gasteiger partial charge in [-0.15, -0.1) is 0 Å². The molecule has 2 saturated heterocycles. The molecule has 0 amide bonds. The maximum atomic E-state index is 12.1. The standard InChI is InChI=1S/C35H40N4O2/c1-3-41-33(40)19-23-38-28-39(32-17-11-6-12-18-32)35(29(38)2)21-25-37(26-22-35)24-20-34(27-36,30-13-7-4-8-14-30)31-15-9-5-10-16-31/h4-18H,2-3,19-26,28H2,1H3. The van der Waals surface area contributed by atoms with Crippen molar-refractivity contribution in [3.8, 4) is 6.07 Å². The molecule has 2 aliphatic heterocycles. The van der Waals surface area contributed by atoms with Crippen molar-refractivity contribution in [2.45, 2.75) is 43.6 Å². The molecule has 5 rings (SSSR count). The fraction of sp³-hybridized carbons (Fsp3) is 0.371. The molecule has 1 spiro atoms. The molecule has 6 nitrogen and oxygen atoms in total. The monoisotopic (exact) mass is 548 g/mol. The van der Waals surface area contributed by atoms with E-state index in [4.69, 9.17) is 4.74 Å². The molecular weight excluding hydrogens is 508 g/mol. The van der Waals surface area contributed by atoms with Crippen LogP contribution < -0.4 is 4.90 Å². The van der Waals surface area contributed by atoms with Crippen LogP contribution >= 0.6 is 0 Å². The molecule has 0 unspecified atom stereocenters. The van der Waals surface area contributed by atoms with Gasteiger partial charge in [-0.1, -0.05) is 85.4 Å². The number of anilines is 1. The molecule has 6 heteroatoms. The predicted molar refractivity (Wildman–Crippen MR) is 163 cm³/mol. The maximum Gasteiger partial charge on any atom is 0.307 e. The number of likely N-dealkylation sites (tertiary alicyclic amines) is 1. The van der Waals surface area contributed by atoms with Gasteiger partial charge in [0.2, 0.25) is 0 Å². The van der Waals surface area contributed by atoms with Crippen LogP contribution in [0.4, 0.5) is 5.69 Å². The van der Waals surface area contributed by atoms with Crippen molar-refractivity contribution in [1.82, 2.24) is 9.80 Å². The minimum absolute atomic E-state index is 0.167. The van der Waals surface area contributed by atoms with E-state index in [1.165, 1.54) is 5.69 Å². The van der Waals surface area contributed by atoms with E-state index in [1.807, 2.05) is 49.4 Å². The lowest BCUT2D eigenvalue weighted by atomic mass is 9.73. The van der Waals surface area contributed by atoms with E-state index in [0.29, 0.717) is 26.2 Å². The van der Waals surface area contributed by atoms with Crippen LogP contribution in [-0.2, 0) is 14.9 Å². The van der Waals surface area contributed by atoms with E-state index in [2.05, 4.69) is 75.9 Å². The maximum absolute atomic E-state index is 12.1. The Hall–Kier alpha value is -4.08. The lowest BCUT2D eigenvalue weighted by Crippen LogP contribution is -2.53. The number of hydrogen-bond donors (Lipinski definition) is 0. The quantitative estimate of drug-likeness (QED) is 0.291. The number of piperidine rings is 1. The Morgan fingerprint density at radius 1 is 0.927 bits per heavy atom. The number of benzene rings is 3. The molecule has 2 heterocycles. The first kappa shape index (κ1) is 28.4. The summed E-state index contributed by atoms with van der Waals surface area (Å²) in [5.74, 6) is -0.167.